The molecule has 0 saturated carbocycles. The number of carbonyl (C=O) groups is 1. The molecule has 0 bridgehead atoms. The molecule has 0 unspecified atom stereocenters. The summed E-state index contributed by atoms with van der Waals surface area (Å²) in [5.41, 5.74) is 2.25. The topological polar surface area (TPSA) is 90.7 Å². The van der Waals surface area contributed by atoms with Gasteiger partial charge in [-0.1, -0.05) is 11.6 Å². The van der Waals surface area contributed by atoms with Crippen LogP contribution in [0.5, 0.6) is 5.75 Å². The molecule has 0 amide bonds. The Bertz CT molecular complexity index is 1260. The Morgan fingerprint density at radius 2 is 2.06 bits per heavy atom. The number of halogens is 1. The van der Waals surface area contributed by atoms with Crippen LogP contribution in [-0.2, 0) is 26.0 Å². The highest BCUT2D eigenvalue weighted by atomic mass is 35.5. The van der Waals surface area contributed by atoms with Crippen molar-refractivity contribution in [3.05, 3.63) is 47.2 Å². The summed E-state index contributed by atoms with van der Waals surface area (Å²) in [4.78, 5) is 17.9. The number of likely N-dealkylation sites (N-methyl/N-ethyl adjacent to an activating group) is 1. The number of aromatic nitrogens is 2. The number of fused-ring (bicyclic) bond motifs is 2. The standard InChI is InChI=1S/C21H22ClN3O5S/c1-24-10-11-30-19-13-15(6-7-18(19)24)31(27,28)25-14(4-3-5-21(26)29-2)12-16-17(25)8-9-20(22)23-16/h6-9,12-13H,3-5,10-11H2,1-2H3. The van der Waals surface area contributed by atoms with E-state index in [0.717, 1.165) is 12.2 Å². The number of aryl methyl sites for hydroxylation is 1. The number of hydrogen-bond donors (Lipinski definition) is 0. The summed E-state index contributed by atoms with van der Waals surface area (Å²) in [6.07, 6.45) is 0.974. The van der Waals surface area contributed by atoms with Crippen molar-refractivity contribution < 1.29 is 22.7 Å². The zero-order valence-electron chi connectivity index (χ0n) is 17.2. The van der Waals surface area contributed by atoms with Crippen molar-refractivity contribution in [1.29, 1.82) is 0 Å². The van der Waals surface area contributed by atoms with Gasteiger partial charge in [0.25, 0.3) is 10.0 Å². The molecule has 8 nitrogen and oxygen atoms in total. The van der Waals surface area contributed by atoms with Crippen molar-refractivity contribution in [2.24, 2.45) is 0 Å². The first-order chi connectivity index (χ1) is 14.8. The number of pyridine rings is 1. The van der Waals surface area contributed by atoms with Gasteiger partial charge in [-0.15, -0.1) is 0 Å². The highest BCUT2D eigenvalue weighted by molar-refractivity contribution is 7.90. The van der Waals surface area contributed by atoms with Crippen molar-refractivity contribution >= 4 is 44.3 Å². The fourth-order valence-corrected chi connectivity index (χ4v) is 5.40. The van der Waals surface area contributed by atoms with E-state index in [4.69, 9.17) is 16.3 Å². The number of methoxy groups -OCH3 is 1. The van der Waals surface area contributed by atoms with Crippen molar-refractivity contribution in [3.63, 3.8) is 0 Å². The molecule has 0 fully saturated rings. The molecule has 164 valence electrons. The normalized spacial score (nSPS) is 13.7. The summed E-state index contributed by atoms with van der Waals surface area (Å²) in [7, 11) is -0.695. The van der Waals surface area contributed by atoms with Crippen molar-refractivity contribution in [3.8, 4) is 5.75 Å². The van der Waals surface area contributed by atoms with Crippen molar-refractivity contribution in [1.82, 2.24) is 8.96 Å². The summed E-state index contributed by atoms with van der Waals surface area (Å²) in [5, 5.41) is 0.272. The van der Waals surface area contributed by atoms with Crippen LogP contribution in [0.3, 0.4) is 0 Å². The van der Waals surface area contributed by atoms with Gasteiger partial charge >= 0.3 is 5.97 Å². The maximum atomic E-state index is 13.7. The lowest BCUT2D eigenvalue weighted by Crippen LogP contribution is -2.29. The molecular weight excluding hydrogens is 442 g/mol. The van der Waals surface area contributed by atoms with Gasteiger partial charge in [-0.25, -0.2) is 17.4 Å². The summed E-state index contributed by atoms with van der Waals surface area (Å²) < 4.78 is 39.0. The van der Waals surface area contributed by atoms with Gasteiger partial charge in [-0.2, -0.15) is 0 Å². The largest absolute Gasteiger partial charge is 0.490 e. The van der Waals surface area contributed by atoms with Gasteiger partial charge in [0, 0.05) is 25.2 Å². The fourth-order valence-electron chi connectivity index (χ4n) is 3.67. The third kappa shape index (κ3) is 4.07. The van der Waals surface area contributed by atoms with Crippen LogP contribution in [0.15, 0.2) is 41.3 Å². The molecule has 0 aliphatic carbocycles. The van der Waals surface area contributed by atoms with Crippen LogP contribution in [-0.4, -0.2) is 50.7 Å². The first-order valence-electron chi connectivity index (χ1n) is 9.78. The van der Waals surface area contributed by atoms with E-state index < -0.39 is 10.0 Å². The average molecular weight is 464 g/mol. The minimum absolute atomic E-state index is 0.114. The molecule has 3 heterocycles. The molecule has 1 aliphatic heterocycles. The molecule has 31 heavy (non-hydrogen) atoms. The highest BCUT2D eigenvalue weighted by Gasteiger charge is 2.26. The molecular formula is C21H22ClN3O5S. The van der Waals surface area contributed by atoms with E-state index in [9.17, 15) is 13.2 Å². The van der Waals surface area contributed by atoms with E-state index in [1.54, 1.807) is 36.4 Å². The molecule has 1 aromatic carbocycles. The molecule has 3 aromatic rings. The third-order valence-electron chi connectivity index (χ3n) is 5.26. The average Bonchev–Trinajstić information content (AvgIpc) is 3.11. The van der Waals surface area contributed by atoms with Crippen molar-refractivity contribution in [2.75, 3.05) is 32.2 Å². The Labute approximate surface area is 185 Å². The molecule has 0 saturated heterocycles. The Morgan fingerprint density at radius 3 is 2.84 bits per heavy atom. The van der Waals surface area contributed by atoms with Gasteiger partial charge in [0.1, 0.15) is 17.5 Å². The van der Waals surface area contributed by atoms with Crippen LogP contribution >= 0.6 is 11.6 Å². The van der Waals surface area contributed by atoms with Gasteiger partial charge < -0.3 is 14.4 Å². The second kappa shape index (κ2) is 8.39. The number of anilines is 1. The number of ether oxygens (including phenoxy) is 2. The van der Waals surface area contributed by atoms with Gasteiger partial charge in [-0.3, -0.25) is 4.79 Å². The van der Waals surface area contributed by atoms with E-state index in [-0.39, 0.29) is 22.4 Å². The van der Waals surface area contributed by atoms with E-state index in [0.29, 0.717) is 41.9 Å². The van der Waals surface area contributed by atoms with Gasteiger partial charge in [-0.05, 0) is 43.2 Å². The summed E-state index contributed by atoms with van der Waals surface area (Å²) in [6.45, 7) is 1.22. The van der Waals surface area contributed by atoms with Crippen molar-refractivity contribution in [2.45, 2.75) is 24.2 Å². The number of hydrogen-bond acceptors (Lipinski definition) is 7. The maximum absolute atomic E-state index is 13.7. The number of rotatable bonds is 6. The molecule has 1 aliphatic rings. The van der Waals surface area contributed by atoms with Crippen LogP contribution in [0.25, 0.3) is 11.0 Å². The summed E-state index contributed by atoms with van der Waals surface area (Å²) in [5.74, 6) is 0.183. The molecule has 10 heteroatoms. The Morgan fingerprint density at radius 1 is 1.26 bits per heavy atom. The number of nitrogens with zero attached hydrogens (tertiary/aromatic N) is 3. The minimum atomic E-state index is -3.95. The lowest BCUT2D eigenvalue weighted by atomic mass is 10.2. The van der Waals surface area contributed by atoms with Crippen LogP contribution in [0.4, 0.5) is 5.69 Å². The second-order valence-corrected chi connectivity index (χ2v) is 9.45. The quantitative estimate of drug-likeness (QED) is 0.409. The smallest absolute Gasteiger partial charge is 0.305 e. The van der Waals surface area contributed by atoms with Crippen LogP contribution < -0.4 is 9.64 Å². The first-order valence-corrected chi connectivity index (χ1v) is 11.6. The van der Waals surface area contributed by atoms with E-state index in [1.807, 2.05) is 11.9 Å². The minimum Gasteiger partial charge on any atom is -0.490 e. The van der Waals surface area contributed by atoms with Crippen LogP contribution in [0.1, 0.15) is 18.5 Å². The predicted octanol–water partition coefficient (Wildman–Crippen LogP) is 3.25. The highest BCUT2D eigenvalue weighted by Crippen LogP contribution is 2.35. The number of carbonyl (C=O) groups excluding carboxylic acids is 1. The number of benzene rings is 1. The molecule has 2 aromatic heterocycles. The molecule has 0 spiro atoms. The van der Waals surface area contributed by atoms with Gasteiger partial charge in [0.05, 0.1) is 35.3 Å². The zero-order valence-corrected chi connectivity index (χ0v) is 18.7. The first kappa shape index (κ1) is 21.5. The van der Waals surface area contributed by atoms with E-state index >= 15 is 0 Å². The monoisotopic (exact) mass is 463 g/mol. The fraction of sp³-hybridized carbons (Fsp3) is 0.333. The second-order valence-electron chi connectivity index (χ2n) is 7.27. The summed E-state index contributed by atoms with van der Waals surface area (Å²) >= 11 is 6.02. The Balaban J connectivity index is 1.79. The van der Waals surface area contributed by atoms with E-state index in [1.165, 1.54) is 11.1 Å². The molecule has 0 N–H and O–H groups in total. The lowest BCUT2D eigenvalue weighted by Gasteiger charge is -2.28. The maximum Gasteiger partial charge on any atom is 0.305 e. The Hall–Kier alpha value is -2.78. The SMILES string of the molecule is COC(=O)CCCc1cc2nc(Cl)ccc2n1S(=O)(=O)c1ccc2c(c1)OCCN2C. The summed E-state index contributed by atoms with van der Waals surface area (Å²) in [6, 6.07) is 9.76. The zero-order chi connectivity index (χ0) is 22.2. The molecule has 0 atom stereocenters. The van der Waals surface area contributed by atoms with Crippen LogP contribution in [0.2, 0.25) is 5.15 Å². The van der Waals surface area contributed by atoms with Crippen LogP contribution in [0, 0.1) is 0 Å². The lowest BCUT2D eigenvalue weighted by molar-refractivity contribution is -0.140. The molecule has 0 radical (unpaired) electrons. The predicted molar refractivity (Wildman–Crippen MR) is 117 cm³/mol. The van der Waals surface area contributed by atoms with Gasteiger partial charge in [0.2, 0.25) is 0 Å². The van der Waals surface area contributed by atoms with Gasteiger partial charge in [0.15, 0.2) is 0 Å². The third-order valence-corrected chi connectivity index (χ3v) is 7.23. The number of esters is 1. The van der Waals surface area contributed by atoms with E-state index in [2.05, 4.69) is 9.72 Å². The molecule has 4 rings (SSSR count). The Kier molecular flexibility index (Phi) is 5.81.